The van der Waals surface area contributed by atoms with Gasteiger partial charge in [0, 0.05) is 16.4 Å². The van der Waals surface area contributed by atoms with Crippen molar-refractivity contribution in [1.82, 2.24) is 4.98 Å². The molecule has 0 radical (unpaired) electrons. The smallest absolute Gasteiger partial charge is 0.0960 e. The number of rotatable bonds is 4. The minimum atomic E-state index is 0.948. The summed E-state index contributed by atoms with van der Waals surface area (Å²) in [4.78, 5) is 4.24. The zero-order valence-corrected chi connectivity index (χ0v) is 9.83. The summed E-state index contributed by atoms with van der Waals surface area (Å²) in [6.45, 7) is 0. The lowest BCUT2D eigenvalue weighted by atomic mass is 10.5. The Morgan fingerprint density at radius 2 is 2.33 bits per heavy atom. The van der Waals surface area contributed by atoms with Crippen molar-refractivity contribution in [1.29, 1.82) is 0 Å². The van der Waals surface area contributed by atoms with Crippen molar-refractivity contribution < 1.29 is 0 Å². The number of hydrogen-bond acceptors (Lipinski definition) is 3. The lowest BCUT2D eigenvalue weighted by Crippen LogP contribution is -1.83. The quantitative estimate of drug-likeness (QED) is 0.509. The highest BCUT2D eigenvalue weighted by molar-refractivity contribution is 9.10. The maximum absolute atomic E-state index is 4.24. The van der Waals surface area contributed by atoms with Gasteiger partial charge in [0.2, 0.25) is 0 Å². The second kappa shape index (κ2) is 5.89. The van der Waals surface area contributed by atoms with Crippen LogP contribution in [-0.4, -0.2) is 16.5 Å². The Balaban J connectivity index is 2.37. The van der Waals surface area contributed by atoms with Gasteiger partial charge in [0.05, 0.1) is 5.03 Å². The molecule has 0 spiro atoms. The van der Waals surface area contributed by atoms with Gasteiger partial charge in [-0.25, -0.2) is 4.98 Å². The molecule has 1 aromatic heterocycles. The summed E-state index contributed by atoms with van der Waals surface area (Å²) in [5, 5.41) is 1.08. The van der Waals surface area contributed by atoms with Gasteiger partial charge >= 0.3 is 0 Å². The summed E-state index contributed by atoms with van der Waals surface area (Å²) in [5.74, 6) is 2.04. The predicted octanol–water partition coefficient (Wildman–Crippen LogP) is 3.26. The molecule has 0 aromatic carbocycles. The van der Waals surface area contributed by atoms with E-state index < -0.39 is 0 Å². The zero-order chi connectivity index (χ0) is 8.81. The zero-order valence-electron chi connectivity index (χ0n) is 6.53. The lowest BCUT2D eigenvalue weighted by Gasteiger charge is -1.98. The number of nitrogens with zero attached hydrogens (tertiary/aromatic N) is 1. The van der Waals surface area contributed by atoms with E-state index in [1.807, 2.05) is 18.3 Å². The molecule has 1 heterocycles. The van der Waals surface area contributed by atoms with Crippen LogP contribution in [0.5, 0.6) is 0 Å². The van der Waals surface area contributed by atoms with Crippen molar-refractivity contribution in [3.05, 3.63) is 22.8 Å². The molecule has 0 aliphatic carbocycles. The minimum absolute atomic E-state index is 0.948. The summed E-state index contributed by atoms with van der Waals surface area (Å²) in [5.41, 5.74) is 0. The topological polar surface area (TPSA) is 12.9 Å². The molecule has 0 saturated heterocycles. The molecule has 1 aromatic rings. The van der Waals surface area contributed by atoms with Crippen LogP contribution >= 0.6 is 40.3 Å². The average Bonchev–Trinajstić information content (AvgIpc) is 2.09. The molecule has 4 heteroatoms. The largest absolute Gasteiger partial charge is 0.249 e. The van der Waals surface area contributed by atoms with Gasteiger partial charge < -0.3 is 0 Å². The first-order valence-electron chi connectivity index (χ1n) is 3.68. The van der Waals surface area contributed by atoms with E-state index in [-0.39, 0.29) is 0 Å². The van der Waals surface area contributed by atoms with Crippen LogP contribution in [0.25, 0.3) is 0 Å². The van der Waals surface area contributed by atoms with Crippen molar-refractivity contribution in [2.24, 2.45) is 0 Å². The molecular weight excluding hydrogens is 254 g/mol. The minimum Gasteiger partial charge on any atom is -0.249 e. The highest BCUT2D eigenvalue weighted by atomic mass is 79.9. The van der Waals surface area contributed by atoms with Gasteiger partial charge in [0.15, 0.2) is 0 Å². The van der Waals surface area contributed by atoms with Crippen molar-refractivity contribution in [3.8, 4) is 0 Å². The average molecular weight is 264 g/mol. The Kier molecular flexibility index (Phi) is 5.11. The van der Waals surface area contributed by atoms with Crippen LogP contribution in [0.4, 0.5) is 0 Å². The molecule has 0 aliphatic heterocycles. The van der Waals surface area contributed by atoms with Crippen molar-refractivity contribution >= 4 is 40.3 Å². The van der Waals surface area contributed by atoms with E-state index in [9.17, 15) is 0 Å². The summed E-state index contributed by atoms with van der Waals surface area (Å²) in [6.07, 6.45) is 2.95. The van der Waals surface area contributed by atoms with Crippen LogP contribution in [0.2, 0.25) is 0 Å². The van der Waals surface area contributed by atoms with E-state index >= 15 is 0 Å². The van der Waals surface area contributed by atoms with Crippen LogP contribution in [0.15, 0.2) is 27.8 Å². The standard InChI is InChI=1S/C8H10BrNS2/c9-7-2-3-8(10-6-7)12-5-1-4-11/h2-3,6,11H,1,4-5H2. The monoisotopic (exact) mass is 263 g/mol. The Hall–Kier alpha value is 0.330. The van der Waals surface area contributed by atoms with Gasteiger partial charge in [-0.05, 0) is 40.2 Å². The molecule has 0 fully saturated rings. The van der Waals surface area contributed by atoms with E-state index in [1.54, 1.807) is 11.8 Å². The fourth-order valence-corrected chi connectivity index (χ4v) is 2.08. The van der Waals surface area contributed by atoms with Gasteiger partial charge in [-0.3, -0.25) is 0 Å². The van der Waals surface area contributed by atoms with Crippen LogP contribution in [0, 0.1) is 0 Å². The normalized spacial score (nSPS) is 10.2. The third-order valence-corrected chi connectivity index (χ3v) is 3.07. The summed E-state index contributed by atoms with van der Waals surface area (Å²) in [6, 6.07) is 4.03. The molecule has 0 atom stereocenters. The second-order valence-corrected chi connectivity index (χ2v) is 4.72. The fraction of sp³-hybridized carbons (Fsp3) is 0.375. The van der Waals surface area contributed by atoms with Gasteiger partial charge in [0.1, 0.15) is 0 Å². The van der Waals surface area contributed by atoms with Gasteiger partial charge in [-0.2, -0.15) is 12.6 Å². The lowest BCUT2D eigenvalue weighted by molar-refractivity contribution is 1.09. The Morgan fingerprint density at radius 1 is 1.50 bits per heavy atom. The van der Waals surface area contributed by atoms with E-state index in [0.29, 0.717) is 0 Å². The van der Waals surface area contributed by atoms with E-state index in [0.717, 1.165) is 27.4 Å². The maximum atomic E-state index is 4.24. The van der Waals surface area contributed by atoms with Crippen molar-refractivity contribution in [2.75, 3.05) is 11.5 Å². The molecule has 1 rings (SSSR count). The molecule has 0 amide bonds. The molecule has 0 N–H and O–H groups in total. The number of halogens is 1. The highest BCUT2D eigenvalue weighted by Gasteiger charge is 1.94. The molecule has 12 heavy (non-hydrogen) atoms. The van der Waals surface area contributed by atoms with Crippen molar-refractivity contribution in [3.63, 3.8) is 0 Å². The molecule has 0 unspecified atom stereocenters. The number of aromatic nitrogens is 1. The predicted molar refractivity (Wildman–Crippen MR) is 61.1 cm³/mol. The van der Waals surface area contributed by atoms with Crippen LogP contribution in [0.1, 0.15) is 6.42 Å². The number of hydrogen-bond donors (Lipinski definition) is 1. The molecular formula is C8H10BrNS2. The maximum Gasteiger partial charge on any atom is 0.0960 e. The van der Waals surface area contributed by atoms with Crippen LogP contribution in [0.3, 0.4) is 0 Å². The summed E-state index contributed by atoms with van der Waals surface area (Å²) >= 11 is 9.26. The first-order valence-corrected chi connectivity index (χ1v) is 6.09. The Morgan fingerprint density at radius 3 is 2.92 bits per heavy atom. The first-order chi connectivity index (χ1) is 5.83. The van der Waals surface area contributed by atoms with E-state index in [1.165, 1.54) is 0 Å². The molecule has 0 saturated carbocycles. The fourth-order valence-electron chi connectivity index (χ4n) is 0.689. The summed E-state index contributed by atoms with van der Waals surface area (Å²) < 4.78 is 1.03. The second-order valence-electron chi connectivity index (χ2n) is 2.24. The summed E-state index contributed by atoms with van der Waals surface area (Å²) in [7, 11) is 0. The molecule has 1 nitrogen and oxygen atoms in total. The number of thioether (sulfide) groups is 1. The van der Waals surface area contributed by atoms with Gasteiger partial charge in [-0.15, -0.1) is 11.8 Å². The highest BCUT2D eigenvalue weighted by Crippen LogP contribution is 2.17. The third-order valence-electron chi connectivity index (χ3n) is 1.25. The SMILES string of the molecule is SCCCSc1ccc(Br)cn1. The first kappa shape index (κ1) is 10.4. The van der Waals surface area contributed by atoms with Crippen molar-refractivity contribution in [2.45, 2.75) is 11.4 Å². The molecule has 66 valence electrons. The van der Waals surface area contributed by atoms with Gasteiger partial charge in [0.25, 0.3) is 0 Å². The molecule has 0 aliphatic rings. The Labute approximate surface area is 90.9 Å². The van der Waals surface area contributed by atoms with Crippen LogP contribution < -0.4 is 0 Å². The Bertz CT molecular complexity index is 225. The van der Waals surface area contributed by atoms with E-state index in [4.69, 9.17) is 0 Å². The van der Waals surface area contributed by atoms with E-state index in [2.05, 4.69) is 33.5 Å². The van der Waals surface area contributed by atoms with Crippen LogP contribution in [-0.2, 0) is 0 Å². The third kappa shape index (κ3) is 3.83. The number of pyridine rings is 1. The van der Waals surface area contributed by atoms with Gasteiger partial charge in [-0.1, -0.05) is 0 Å². The molecule has 0 bridgehead atoms. The number of thiol groups is 1.